The molecule has 0 aromatic rings. The summed E-state index contributed by atoms with van der Waals surface area (Å²) in [6.45, 7) is 1.60. The van der Waals surface area contributed by atoms with Gasteiger partial charge in [0.1, 0.15) is 23.0 Å². The van der Waals surface area contributed by atoms with E-state index in [1.54, 1.807) is 0 Å². The van der Waals surface area contributed by atoms with Gasteiger partial charge in [0.25, 0.3) is 0 Å². The van der Waals surface area contributed by atoms with Crippen molar-refractivity contribution in [3.05, 3.63) is 0 Å². The van der Waals surface area contributed by atoms with Crippen molar-refractivity contribution in [2.24, 2.45) is 0 Å². The van der Waals surface area contributed by atoms with Crippen molar-refractivity contribution in [1.29, 1.82) is 0 Å². The average molecular weight is 257 g/mol. The van der Waals surface area contributed by atoms with E-state index in [9.17, 15) is 5.11 Å². The SMILES string of the molecule is OC1CCNC(COI)C1. The van der Waals surface area contributed by atoms with Crippen LogP contribution in [0.2, 0.25) is 0 Å². The second kappa shape index (κ2) is 4.48. The molecule has 4 heteroatoms. The van der Waals surface area contributed by atoms with Crippen LogP contribution in [0.15, 0.2) is 0 Å². The lowest BCUT2D eigenvalue weighted by molar-refractivity contribution is 0.106. The number of hydrogen-bond acceptors (Lipinski definition) is 3. The van der Waals surface area contributed by atoms with Gasteiger partial charge in [-0.25, -0.2) is 0 Å². The van der Waals surface area contributed by atoms with E-state index in [0.29, 0.717) is 12.6 Å². The Hall–Kier alpha value is 0.610. The maximum Gasteiger partial charge on any atom is 0.109 e. The Morgan fingerprint density at radius 3 is 3.10 bits per heavy atom. The van der Waals surface area contributed by atoms with Gasteiger partial charge in [0.05, 0.1) is 12.7 Å². The summed E-state index contributed by atoms with van der Waals surface area (Å²) in [5, 5.41) is 12.5. The predicted octanol–water partition coefficient (Wildman–Crippen LogP) is 0.466. The number of aliphatic hydroxyl groups is 1. The molecule has 0 aromatic heterocycles. The van der Waals surface area contributed by atoms with Crippen LogP contribution < -0.4 is 5.32 Å². The molecule has 3 nitrogen and oxygen atoms in total. The molecular weight excluding hydrogens is 245 g/mol. The van der Waals surface area contributed by atoms with Crippen LogP contribution in [0, 0.1) is 0 Å². The fourth-order valence-electron chi connectivity index (χ4n) is 1.19. The first kappa shape index (κ1) is 8.70. The summed E-state index contributed by atoms with van der Waals surface area (Å²) in [5.41, 5.74) is 0. The van der Waals surface area contributed by atoms with Crippen LogP contribution in [0.3, 0.4) is 0 Å². The third kappa shape index (κ3) is 2.69. The third-order valence-corrected chi connectivity index (χ3v) is 2.09. The van der Waals surface area contributed by atoms with Crippen LogP contribution in [0.25, 0.3) is 0 Å². The van der Waals surface area contributed by atoms with E-state index >= 15 is 0 Å². The van der Waals surface area contributed by atoms with E-state index in [1.165, 1.54) is 0 Å². The number of piperidine rings is 1. The van der Waals surface area contributed by atoms with Crippen molar-refractivity contribution < 1.29 is 8.17 Å². The van der Waals surface area contributed by atoms with Gasteiger partial charge in [0.15, 0.2) is 0 Å². The maximum atomic E-state index is 9.21. The molecule has 0 radical (unpaired) electrons. The van der Waals surface area contributed by atoms with E-state index in [0.717, 1.165) is 19.4 Å². The minimum Gasteiger partial charge on any atom is -0.393 e. The average Bonchev–Trinajstić information content (AvgIpc) is 1.88. The van der Waals surface area contributed by atoms with Gasteiger partial charge >= 0.3 is 0 Å². The molecule has 1 fully saturated rings. The molecule has 60 valence electrons. The molecule has 1 heterocycles. The van der Waals surface area contributed by atoms with E-state index in [-0.39, 0.29) is 6.10 Å². The Balaban J connectivity index is 2.18. The van der Waals surface area contributed by atoms with Gasteiger partial charge in [0.2, 0.25) is 0 Å². The third-order valence-electron chi connectivity index (χ3n) is 1.73. The predicted molar refractivity (Wildman–Crippen MR) is 47.0 cm³/mol. The fraction of sp³-hybridized carbons (Fsp3) is 1.00. The highest BCUT2D eigenvalue weighted by Gasteiger charge is 2.18. The zero-order valence-corrected chi connectivity index (χ0v) is 7.87. The van der Waals surface area contributed by atoms with Crippen LogP contribution in [0.5, 0.6) is 0 Å². The van der Waals surface area contributed by atoms with Crippen LogP contribution in [0.4, 0.5) is 0 Å². The molecule has 1 aliphatic rings. The van der Waals surface area contributed by atoms with Crippen molar-refractivity contribution >= 4 is 23.0 Å². The molecule has 0 saturated carbocycles. The Kier molecular flexibility index (Phi) is 3.90. The molecular formula is C6H12INO2. The minimum absolute atomic E-state index is 0.127. The topological polar surface area (TPSA) is 41.5 Å². The Bertz CT molecular complexity index is 99.7. The normalized spacial score (nSPS) is 34.2. The van der Waals surface area contributed by atoms with Crippen molar-refractivity contribution in [3.8, 4) is 0 Å². The van der Waals surface area contributed by atoms with Crippen molar-refractivity contribution in [3.63, 3.8) is 0 Å². The first-order valence-corrected chi connectivity index (χ1v) is 4.36. The standard InChI is InChI=1S/C6H12INO2/c7-10-4-5-3-6(9)1-2-8-5/h5-6,8-9H,1-4H2. The molecule has 0 aliphatic carbocycles. The van der Waals surface area contributed by atoms with E-state index in [2.05, 4.69) is 5.32 Å². The highest BCUT2D eigenvalue weighted by atomic mass is 127. The summed E-state index contributed by atoms with van der Waals surface area (Å²) < 4.78 is 4.93. The zero-order chi connectivity index (χ0) is 7.40. The highest BCUT2D eigenvalue weighted by Crippen LogP contribution is 2.08. The summed E-state index contributed by atoms with van der Waals surface area (Å²) in [6, 6.07) is 0.348. The molecule has 1 saturated heterocycles. The summed E-state index contributed by atoms with van der Waals surface area (Å²) in [5.74, 6) is 0. The number of hydrogen-bond donors (Lipinski definition) is 2. The van der Waals surface area contributed by atoms with Crippen LogP contribution in [-0.2, 0) is 3.07 Å². The maximum absolute atomic E-state index is 9.21. The summed E-state index contributed by atoms with van der Waals surface area (Å²) in [7, 11) is 0. The molecule has 2 unspecified atom stereocenters. The van der Waals surface area contributed by atoms with Crippen LogP contribution >= 0.6 is 23.0 Å². The molecule has 0 spiro atoms. The Morgan fingerprint density at radius 2 is 2.50 bits per heavy atom. The Morgan fingerprint density at radius 1 is 1.70 bits per heavy atom. The molecule has 10 heavy (non-hydrogen) atoms. The minimum atomic E-state index is -0.127. The lowest BCUT2D eigenvalue weighted by Gasteiger charge is -2.26. The van der Waals surface area contributed by atoms with Gasteiger partial charge in [0, 0.05) is 6.04 Å². The lowest BCUT2D eigenvalue weighted by atomic mass is 10.0. The molecule has 0 bridgehead atoms. The number of rotatable bonds is 2. The summed E-state index contributed by atoms with van der Waals surface area (Å²) >= 11 is 1.88. The largest absolute Gasteiger partial charge is 0.393 e. The van der Waals surface area contributed by atoms with E-state index in [4.69, 9.17) is 3.07 Å². The van der Waals surface area contributed by atoms with Crippen molar-refractivity contribution in [2.45, 2.75) is 25.0 Å². The molecule has 2 atom stereocenters. The molecule has 1 aliphatic heterocycles. The molecule has 0 aromatic carbocycles. The first-order valence-electron chi connectivity index (χ1n) is 3.48. The summed E-state index contributed by atoms with van der Waals surface area (Å²) in [4.78, 5) is 0. The first-order chi connectivity index (χ1) is 4.83. The Labute approximate surface area is 74.8 Å². The number of aliphatic hydroxyl groups excluding tert-OH is 1. The fourth-order valence-corrected chi connectivity index (χ4v) is 1.62. The van der Waals surface area contributed by atoms with E-state index < -0.39 is 0 Å². The molecule has 2 N–H and O–H groups in total. The van der Waals surface area contributed by atoms with Crippen LogP contribution in [0.1, 0.15) is 12.8 Å². The molecule has 1 rings (SSSR count). The molecule has 0 amide bonds. The second-order valence-electron chi connectivity index (χ2n) is 2.61. The van der Waals surface area contributed by atoms with Gasteiger partial charge in [-0.3, -0.25) is 0 Å². The van der Waals surface area contributed by atoms with Crippen molar-refractivity contribution in [2.75, 3.05) is 13.2 Å². The number of halogens is 1. The van der Waals surface area contributed by atoms with Gasteiger partial charge in [-0.2, -0.15) is 0 Å². The second-order valence-corrected chi connectivity index (χ2v) is 3.23. The highest BCUT2D eigenvalue weighted by molar-refractivity contribution is 14.1. The van der Waals surface area contributed by atoms with Gasteiger partial charge in [-0.15, -0.1) is 0 Å². The van der Waals surface area contributed by atoms with Crippen molar-refractivity contribution in [1.82, 2.24) is 5.32 Å². The summed E-state index contributed by atoms with van der Waals surface area (Å²) in [6.07, 6.45) is 1.57. The lowest BCUT2D eigenvalue weighted by Crippen LogP contribution is -2.42. The number of nitrogens with one attached hydrogen (secondary N) is 1. The quantitative estimate of drug-likeness (QED) is 0.706. The van der Waals surface area contributed by atoms with Crippen LogP contribution in [-0.4, -0.2) is 30.4 Å². The zero-order valence-electron chi connectivity index (χ0n) is 5.72. The van der Waals surface area contributed by atoms with Gasteiger partial charge in [-0.1, -0.05) is 0 Å². The van der Waals surface area contributed by atoms with Gasteiger partial charge < -0.3 is 13.5 Å². The smallest absolute Gasteiger partial charge is 0.109 e. The van der Waals surface area contributed by atoms with Gasteiger partial charge in [-0.05, 0) is 19.4 Å². The van der Waals surface area contributed by atoms with E-state index in [1.807, 2.05) is 23.0 Å². The monoisotopic (exact) mass is 257 g/mol.